The first-order valence-corrected chi connectivity index (χ1v) is 6.22. The van der Waals surface area contributed by atoms with Crippen LogP contribution in [0.5, 0.6) is 0 Å². The number of halogens is 2. The van der Waals surface area contributed by atoms with Crippen molar-refractivity contribution in [3.05, 3.63) is 65.2 Å². The van der Waals surface area contributed by atoms with E-state index in [-0.39, 0.29) is 17.8 Å². The molecule has 0 aliphatic heterocycles. The molecule has 0 aliphatic carbocycles. The van der Waals surface area contributed by atoms with E-state index < -0.39 is 11.6 Å². The first-order chi connectivity index (χ1) is 9.49. The van der Waals surface area contributed by atoms with Crippen LogP contribution in [0.1, 0.15) is 15.9 Å². The molecule has 2 aromatic rings. The minimum Gasteiger partial charge on any atom is -0.378 e. The first kappa shape index (κ1) is 14.2. The molecule has 2 rings (SSSR count). The molecule has 0 aliphatic rings. The predicted molar refractivity (Wildman–Crippen MR) is 75.2 cm³/mol. The summed E-state index contributed by atoms with van der Waals surface area (Å²) in [6.45, 7) is 0. The molecule has 4 heteroatoms. The van der Waals surface area contributed by atoms with E-state index in [1.807, 2.05) is 25.1 Å². The minimum atomic E-state index is -0.692. The lowest BCUT2D eigenvalue weighted by molar-refractivity contribution is 0.0990. The summed E-state index contributed by atoms with van der Waals surface area (Å²) in [5, 5.41) is 0. The molecule has 20 heavy (non-hydrogen) atoms. The molecular weight excluding hydrogens is 260 g/mol. The molecule has 0 saturated heterocycles. The molecule has 0 aromatic heterocycles. The summed E-state index contributed by atoms with van der Waals surface area (Å²) < 4.78 is 27.1. The largest absolute Gasteiger partial charge is 0.378 e. The molecule has 0 bridgehead atoms. The predicted octanol–water partition coefficient (Wildman–Crippen LogP) is 3.46. The zero-order valence-corrected chi connectivity index (χ0v) is 11.4. The van der Waals surface area contributed by atoms with Crippen LogP contribution in [-0.2, 0) is 6.42 Å². The van der Waals surface area contributed by atoms with Crippen LogP contribution in [0.25, 0.3) is 0 Å². The Kier molecular flexibility index (Phi) is 4.13. The smallest absolute Gasteiger partial charge is 0.167 e. The van der Waals surface area contributed by atoms with Crippen molar-refractivity contribution in [2.24, 2.45) is 0 Å². The molecule has 0 saturated carbocycles. The Balaban J connectivity index is 2.26. The second-order valence-corrected chi connectivity index (χ2v) is 4.74. The van der Waals surface area contributed by atoms with Crippen molar-refractivity contribution in [3.8, 4) is 0 Å². The summed E-state index contributed by atoms with van der Waals surface area (Å²) >= 11 is 0. The summed E-state index contributed by atoms with van der Waals surface area (Å²) in [6, 6.07) is 10.6. The van der Waals surface area contributed by atoms with Gasteiger partial charge in [-0.25, -0.2) is 8.78 Å². The van der Waals surface area contributed by atoms with Gasteiger partial charge in [0.15, 0.2) is 5.78 Å². The maximum absolute atomic E-state index is 13.5. The van der Waals surface area contributed by atoms with Crippen molar-refractivity contribution in [1.29, 1.82) is 0 Å². The second kappa shape index (κ2) is 5.82. The van der Waals surface area contributed by atoms with E-state index in [1.54, 1.807) is 18.2 Å². The number of ketones is 1. The van der Waals surface area contributed by atoms with Gasteiger partial charge in [-0.2, -0.15) is 0 Å². The first-order valence-electron chi connectivity index (χ1n) is 6.22. The van der Waals surface area contributed by atoms with Crippen molar-refractivity contribution >= 4 is 11.5 Å². The Morgan fingerprint density at radius 1 is 1.05 bits per heavy atom. The molecule has 0 heterocycles. The van der Waals surface area contributed by atoms with Gasteiger partial charge in [0.2, 0.25) is 0 Å². The lowest BCUT2D eigenvalue weighted by Gasteiger charge is -2.13. The van der Waals surface area contributed by atoms with E-state index in [1.165, 1.54) is 6.07 Å². The third-order valence-corrected chi connectivity index (χ3v) is 3.08. The lowest BCUT2D eigenvalue weighted by Crippen LogP contribution is -2.11. The Morgan fingerprint density at radius 3 is 2.25 bits per heavy atom. The van der Waals surface area contributed by atoms with Crippen molar-refractivity contribution in [2.45, 2.75) is 6.42 Å². The van der Waals surface area contributed by atoms with Crippen molar-refractivity contribution < 1.29 is 13.6 Å². The van der Waals surface area contributed by atoms with Gasteiger partial charge in [-0.3, -0.25) is 4.79 Å². The number of carbonyl (C=O) groups is 1. The highest BCUT2D eigenvalue weighted by atomic mass is 19.1. The van der Waals surface area contributed by atoms with Crippen LogP contribution in [0.4, 0.5) is 14.5 Å². The van der Waals surface area contributed by atoms with E-state index in [0.29, 0.717) is 5.56 Å². The number of hydrogen-bond acceptors (Lipinski definition) is 2. The quantitative estimate of drug-likeness (QED) is 0.796. The van der Waals surface area contributed by atoms with Gasteiger partial charge in [0, 0.05) is 37.3 Å². The lowest BCUT2D eigenvalue weighted by atomic mass is 10.0. The van der Waals surface area contributed by atoms with Gasteiger partial charge in [-0.15, -0.1) is 0 Å². The zero-order valence-electron chi connectivity index (χ0n) is 11.4. The van der Waals surface area contributed by atoms with Crippen molar-refractivity contribution in [1.82, 2.24) is 0 Å². The third-order valence-electron chi connectivity index (χ3n) is 3.08. The molecule has 0 fully saturated rings. The Morgan fingerprint density at radius 2 is 1.65 bits per heavy atom. The van der Waals surface area contributed by atoms with Crippen molar-refractivity contribution in [3.63, 3.8) is 0 Å². The number of anilines is 1. The monoisotopic (exact) mass is 275 g/mol. The topological polar surface area (TPSA) is 20.3 Å². The van der Waals surface area contributed by atoms with Gasteiger partial charge >= 0.3 is 0 Å². The second-order valence-electron chi connectivity index (χ2n) is 4.74. The fraction of sp³-hybridized carbons (Fsp3) is 0.188. The van der Waals surface area contributed by atoms with Crippen molar-refractivity contribution in [2.75, 3.05) is 19.0 Å². The zero-order chi connectivity index (χ0) is 14.7. The number of hydrogen-bond donors (Lipinski definition) is 0. The molecule has 104 valence electrons. The van der Waals surface area contributed by atoms with Crippen LogP contribution in [0.3, 0.4) is 0 Å². The SMILES string of the molecule is CN(C)c1cccc(C(=O)Cc2c(F)cccc2F)c1. The molecule has 0 radical (unpaired) electrons. The highest BCUT2D eigenvalue weighted by Gasteiger charge is 2.14. The fourth-order valence-corrected chi connectivity index (χ4v) is 1.92. The summed E-state index contributed by atoms with van der Waals surface area (Å²) in [4.78, 5) is 14.0. The summed E-state index contributed by atoms with van der Waals surface area (Å²) in [7, 11) is 3.72. The Bertz CT molecular complexity index is 618. The molecule has 2 aromatic carbocycles. The number of carbonyl (C=O) groups excluding carboxylic acids is 1. The molecular formula is C16H15F2NO. The van der Waals surface area contributed by atoms with Crippen LogP contribution in [-0.4, -0.2) is 19.9 Å². The van der Waals surface area contributed by atoms with Crippen LogP contribution >= 0.6 is 0 Å². The normalized spacial score (nSPS) is 10.4. The average Bonchev–Trinajstić information content (AvgIpc) is 2.43. The standard InChI is InChI=1S/C16H15F2NO/c1-19(2)12-6-3-5-11(9-12)16(20)10-13-14(17)7-4-8-15(13)18/h3-9H,10H2,1-2H3. The van der Waals surface area contributed by atoms with Gasteiger partial charge in [-0.1, -0.05) is 18.2 Å². The number of Topliss-reactive ketones (excluding diaryl/α,β-unsaturated/α-hetero) is 1. The summed E-state index contributed by atoms with van der Waals surface area (Å²) in [5.41, 5.74) is 1.12. The number of nitrogens with zero attached hydrogens (tertiary/aromatic N) is 1. The van der Waals surface area contributed by atoms with Gasteiger partial charge in [0.25, 0.3) is 0 Å². The van der Waals surface area contributed by atoms with Gasteiger partial charge in [-0.05, 0) is 24.3 Å². The van der Waals surface area contributed by atoms with Gasteiger partial charge in [0.1, 0.15) is 11.6 Å². The number of rotatable bonds is 4. The molecule has 0 spiro atoms. The minimum absolute atomic E-state index is 0.187. The molecule has 0 atom stereocenters. The summed E-state index contributed by atoms with van der Waals surface area (Å²) in [5.74, 6) is -1.69. The highest BCUT2D eigenvalue weighted by molar-refractivity contribution is 5.98. The van der Waals surface area contributed by atoms with E-state index >= 15 is 0 Å². The van der Waals surface area contributed by atoms with Gasteiger partial charge < -0.3 is 4.90 Å². The van der Waals surface area contributed by atoms with E-state index in [4.69, 9.17) is 0 Å². The third kappa shape index (κ3) is 3.02. The number of benzene rings is 2. The Hall–Kier alpha value is -2.23. The van der Waals surface area contributed by atoms with Crippen LogP contribution < -0.4 is 4.90 Å². The van der Waals surface area contributed by atoms with E-state index in [2.05, 4.69) is 0 Å². The molecule has 0 unspecified atom stereocenters. The maximum Gasteiger partial charge on any atom is 0.167 e. The molecule has 2 nitrogen and oxygen atoms in total. The molecule has 0 amide bonds. The molecule has 0 N–H and O–H groups in total. The van der Waals surface area contributed by atoms with Gasteiger partial charge in [0.05, 0.1) is 0 Å². The Labute approximate surface area is 116 Å². The van der Waals surface area contributed by atoms with Crippen LogP contribution in [0.2, 0.25) is 0 Å². The average molecular weight is 275 g/mol. The highest BCUT2D eigenvalue weighted by Crippen LogP contribution is 2.18. The van der Waals surface area contributed by atoms with E-state index in [9.17, 15) is 13.6 Å². The van der Waals surface area contributed by atoms with Crippen LogP contribution in [0, 0.1) is 11.6 Å². The summed E-state index contributed by atoms with van der Waals surface area (Å²) in [6.07, 6.45) is -0.282. The van der Waals surface area contributed by atoms with E-state index in [0.717, 1.165) is 17.8 Å². The maximum atomic E-state index is 13.5. The fourth-order valence-electron chi connectivity index (χ4n) is 1.92. The van der Waals surface area contributed by atoms with Crippen LogP contribution in [0.15, 0.2) is 42.5 Å².